The summed E-state index contributed by atoms with van der Waals surface area (Å²) in [6.07, 6.45) is 3.99. The van der Waals surface area contributed by atoms with Crippen molar-refractivity contribution in [1.29, 1.82) is 0 Å². The van der Waals surface area contributed by atoms with Crippen LogP contribution < -0.4 is 5.32 Å². The first-order valence-corrected chi connectivity index (χ1v) is 4.99. The number of carboxylic acid groups (broad SMARTS) is 1. The molecule has 1 rings (SSSR count). The summed E-state index contributed by atoms with van der Waals surface area (Å²) in [4.78, 5) is 10.8. The van der Waals surface area contributed by atoms with Crippen molar-refractivity contribution < 1.29 is 14.3 Å². The van der Waals surface area contributed by atoms with E-state index in [0.717, 1.165) is 13.0 Å². The van der Waals surface area contributed by atoms with Crippen LogP contribution in [0.3, 0.4) is 0 Å². The fourth-order valence-corrected chi connectivity index (χ4v) is 1.32. The lowest BCUT2D eigenvalue weighted by Crippen LogP contribution is -2.06. The van der Waals surface area contributed by atoms with Crippen molar-refractivity contribution >= 4 is 12.0 Å². The molecule has 0 saturated carbocycles. The van der Waals surface area contributed by atoms with Crippen molar-refractivity contribution in [3.8, 4) is 0 Å². The first kappa shape index (κ1) is 12.4. The van der Waals surface area contributed by atoms with E-state index in [1.165, 1.54) is 24.3 Å². The number of carbonyl (C=O) groups is 1. The zero-order chi connectivity index (χ0) is 12.0. The quantitative estimate of drug-likeness (QED) is 0.752. The molecule has 0 aliphatic rings. The molecule has 0 aliphatic heterocycles. The summed E-state index contributed by atoms with van der Waals surface area (Å²) in [5.41, 5.74) is 0.117. The lowest BCUT2D eigenvalue weighted by atomic mass is 10.1. The Hall–Kier alpha value is -1.68. The number of benzene rings is 1. The Morgan fingerprint density at radius 2 is 2.31 bits per heavy atom. The van der Waals surface area contributed by atoms with Crippen LogP contribution in [0.15, 0.2) is 24.3 Å². The van der Waals surface area contributed by atoms with Crippen LogP contribution in [-0.2, 0) is 0 Å². The van der Waals surface area contributed by atoms with Crippen molar-refractivity contribution in [3.05, 3.63) is 41.2 Å². The molecular formula is C12H14FNO2. The number of hydrogen-bond donors (Lipinski definition) is 2. The van der Waals surface area contributed by atoms with Gasteiger partial charge >= 0.3 is 5.97 Å². The van der Waals surface area contributed by atoms with Gasteiger partial charge in [0.05, 0.1) is 5.56 Å². The maximum atomic E-state index is 13.4. The van der Waals surface area contributed by atoms with E-state index < -0.39 is 11.8 Å². The third kappa shape index (κ3) is 3.17. The Kier molecular flexibility index (Phi) is 4.66. The smallest absolute Gasteiger partial charge is 0.336 e. The second-order valence-corrected chi connectivity index (χ2v) is 3.30. The van der Waals surface area contributed by atoms with Crippen molar-refractivity contribution in [1.82, 2.24) is 5.32 Å². The van der Waals surface area contributed by atoms with Crippen LogP contribution in [0.25, 0.3) is 6.08 Å². The third-order valence-corrected chi connectivity index (χ3v) is 2.13. The fourth-order valence-electron chi connectivity index (χ4n) is 1.32. The molecule has 0 atom stereocenters. The van der Waals surface area contributed by atoms with Gasteiger partial charge in [-0.15, -0.1) is 0 Å². The van der Waals surface area contributed by atoms with E-state index in [1.807, 2.05) is 7.05 Å². The third-order valence-electron chi connectivity index (χ3n) is 2.13. The molecule has 0 bridgehead atoms. The van der Waals surface area contributed by atoms with Gasteiger partial charge in [-0.2, -0.15) is 0 Å². The molecule has 0 unspecified atom stereocenters. The van der Waals surface area contributed by atoms with Crippen LogP contribution in [0, 0.1) is 5.82 Å². The Morgan fingerprint density at radius 1 is 1.56 bits per heavy atom. The molecule has 0 radical (unpaired) electrons. The first-order valence-electron chi connectivity index (χ1n) is 4.99. The average molecular weight is 223 g/mol. The van der Waals surface area contributed by atoms with Crippen molar-refractivity contribution in [2.24, 2.45) is 0 Å². The SMILES string of the molecule is CNCCC=Cc1c(F)cccc1C(=O)O. The summed E-state index contributed by atoms with van der Waals surface area (Å²) in [7, 11) is 1.82. The highest BCUT2D eigenvalue weighted by Crippen LogP contribution is 2.15. The second-order valence-electron chi connectivity index (χ2n) is 3.30. The molecular weight excluding hydrogens is 209 g/mol. The van der Waals surface area contributed by atoms with Gasteiger partial charge in [0, 0.05) is 5.56 Å². The molecule has 0 saturated heterocycles. The molecule has 0 amide bonds. The van der Waals surface area contributed by atoms with E-state index in [9.17, 15) is 9.18 Å². The van der Waals surface area contributed by atoms with Gasteiger partial charge < -0.3 is 10.4 Å². The summed E-state index contributed by atoms with van der Waals surface area (Å²) < 4.78 is 13.4. The highest BCUT2D eigenvalue weighted by molar-refractivity contribution is 5.92. The zero-order valence-corrected chi connectivity index (χ0v) is 9.03. The van der Waals surface area contributed by atoms with Crippen LogP contribution in [0.4, 0.5) is 4.39 Å². The van der Waals surface area contributed by atoms with Crippen LogP contribution in [-0.4, -0.2) is 24.7 Å². The molecule has 16 heavy (non-hydrogen) atoms. The van der Waals surface area contributed by atoms with Gasteiger partial charge in [-0.3, -0.25) is 0 Å². The molecule has 0 fully saturated rings. The Balaban J connectivity index is 2.92. The number of nitrogens with one attached hydrogen (secondary N) is 1. The molecule has 1 aromatic rings. The van der Waals surface area contributed by atoms with Gasteiger partial charge in [0.1, 0.15) is 5.82 Å². The van der Waals surface area contributed by atoms with Gasteiger partial charge in [-0.1, -0.05) is 18.2 Å². The van der Waals surface area contributed by atoms with Crippen molar-refractivity contribution in [2.45, 2.75) is 6.42 Å². The van der Waals surface area contributed by atoms with Crippen LogP contribution in [0.1, 0.15) is 22.3 Å². The standard InChI is InChI=1S/C12H14FNO2/c1-14-8-3-2-5-9-10(12(15)16)6-4-7-11(9)13/h2,4-7,14H,3,8H2,1H3,(H,15,16). The minimum absolute atomic E-state index is 0.0132. The molecule has 0 spiro atoms. The maximum absolute atomic E-state index is 13.4. The lowest BCUT2D eigenvalue weighted by molar-refractivity contribution is 0.0696. The van der Waals surface area contributed by atoms with Crippen LogP contribution in [0.5, 0.6) is 0 Å². The number of hydrogen-bond acceptors (Lipinski definition) is 2. The molecule has 0 heterocycles. The average Bonchev–Trinajstić information content (AvgIpc) is 2.25. The number of halogens is 1. The number of aromatic carboxylic acids is 1. The normalized spacial score (nSPS) is 10.9. The van der Waals surface area contributed by atoms with E-state index in [-0.39, 0.29) is 11.1 Å². The van der Waals surface area contributed by atoms with Gasteiger partial charge in [0.2, 0.25) is 0 Å². The van der Waals surface area contributed by atoms with E-state index in [0.29, 0.717) is 0 Å². The maximum Gasteiger partial charge on any atom is 0.336 e. The van der Waals surface area contributed by atoms with Gasteiger partial charge in [0.15, 0.2) is 0 Å². The Bertz CT molecular complexity index is 402. The number of rotatable bonds is 5. The summed E-state index contributed by atoms with van der Waals surface area (Å²) >= 11 is 0. The largest absolute Gasteiger partial charge is 0.478 e. The van der Waals surface area contributed by atoms with Gasteiger partial charge in [-0.05, 0) is 32.1 Å². The fraction of sp³-hybridized carbons (Fsp3) is 0.250. The molecule has 4 heteroatoms. The molecule has 3 nitrogen and oxygen atoms in total. The minimum atomic E-state index is -1.12. The predicted molar refractivity (Wildman–Crippen MR) is 60.9 cm³/mol. The summed E-state index contributed by atoms with van der Waals surface area (Å²) in [6.45, 7) is 0.771. The first-order chi connectivity index (χ1) is 7.66. The minimum Gasteiger partial charge on any atom is -0.478 e. The van der Waals surface area contributed by atoms with Gasteiger partial charge in [0.25, 0.3) is 0 Å². The number of carboxylic acids is 1. The van der Waals surface area contributed by atoms with Crippen LogP contribution in [0.2, 0.25) is 0 Å². The summed E-state index contributed by atoms with van der Waals surface area (Å²) in [5.74, 6) is -1.63. The van der Waals surface area contributed by atoms with E-state index in [4.69, 9.17) is 5.11 Å². The molecule has 2 N–H and O–H groups in total. The van der Waals surface area contributed by atoms with Crippen molar-refractivity contribution in [2.75, 3.05) is 13.6 Å². The molecule has 86 valence electrons. The van der Waals surface area contributed by atoms with E-state index >= 15 is 0 Å². The Morgan fingerprint density at radius 3 is 2.94 bits per heavy atom. The highest BCUT2D eigenvalue weighted by Gasteiger charge is 2.10. The van der Waals surface area contributed by atoms with Crippen LogP contribution >= 0.6 is 0 Å². The molecule has 0 aliphatic carbocycles. The van der Waals surface area contributed by atoms with Crippen molar-refractivity contribution in [3.63, 3.8) is 0 Å². The Labute approximate surface area is 93.6 Å². The monoisotopic (exact) mass is 223 g/mol. The molecule has 1 aromatic carbocycles. The molecule has 0 aromatic heterocycles. The van der Waals surface area contributed by atoms with E-state index in [2.05, 4.69) is 5.32 Å². The topological polar surface area (TPSA) is 49.3 Å². The predicted octanol–water partition coefficient (Wildman–Crippen LogP) is 2.15. The second kappa shape index (κ2) is 6.02. The summed E-state index contributed by atoms with van der Waals surface area (Å²) in [6, 6.07) is 4.04. The highest BCUT2D eigenvalue weighted by atomic mass is 19.1. The van der Waals surface area contributed by atoms with E-state index in [1.54, 1.807) is 6.08 Å². The lowest BCUT2D eigenvalue weighted by Gasteiger charge is -2.02. The summed E-state index contributed by atoms with van der Waals surface area (Å²) in [5, 5.41) is 11.8. The van der Waals surface area contributed by atoms with Gasteiger partial charge in [-0.25, -0.2) is 9.18 Å². The zero-order valence-electron chi connectivity index (χ0n) is 9.03.